The van der Waals surface area contributed by atoms with Gasteiger partial charge in [0.15, 0.2) is 4.34 Å². The van der Waals surface area contributed by atoms with Crippen molar-refractivity contribution in [1.29, 1.82) is 0 Å². The fourth-order valence-corrected chi connectivity index (χ4v) is 6.77. The Hall–Kier alpha value is -4.80. The Morgan fingerprint density at radius 1 is 0.767 bits per heavy atom. The summed E-state index contributed by atoms with van der Waals surface area (Å²) in [7, 11) is 0. The lowest BCUT2D eigenvalue weighted by Crippen LogP contribution is -2.15. The van der Waals surface area contributed by atoms with Crippen molar-refractivity contribution in [3.63, 3.8) is 0 Å². The largest absolute Gasteiger partial charge is 0.325 e. The molecule has 0 unspecified atom stereocenters. The van der Waals surface area contributed by atoms with E-state index in [0.29, 0.717) is 39.4 Å². The Morgan fingerprint density at radius 2 is 1.44 bits per heavy atom. The average Bonchev–Trinajstić information content (AvgIpc) is 3.55. The number of nitrogens with one attached hydrogen (secondary N) is 2. The fourth-order valence-electron chi connectivity index (χ4n) is 4.86. The Morgan fingerprint density at radius 3 is 2.19 bits per heavy atom. The van der Waals surface area contributed by atoms with Gasteiger partial charge in [-0.15, -0.1) is 11.3 Å². The monoisotopic (exact) mass is 605 g/mol. The van der Waals surface area contributed by atoms with E-state index >= 15 is 0 Å². The first-order valence-electron chi connectivity index (χ1n) is 13.6. The molecular formula is C33H27N5O3S2. The molecule has 0 aliphatic rings. The standard InChI is InChI=1S/C33H27N5O3S2/c1-19-8-4-6-10-24(19)31(40)36-23-12-14-26-29(17-23)43-33(37-26)42-18-30(39)35-22-13-15-28-27(16-22)34-21(3)38(28)32(41)25-11-7-5-9-20(25)2/h4-17H,18H2,1-3H3,(H,35,39)(H,36,40). The highest BCUT2D eigenvalue weighted by atomic mass is 32.2. The lowest BCUT2D eigenvalue weighted by Gasteiger charge is -2.08. The van der Waals surface area contributed by atoms with E-state index in [4.69, 9.17) is 0 Å². The number of hydrogen-bond acceptors (Lipinski definition) is 7. The summed E-state index contributed by atoms with van der Waals surface area (Å²) in [6.45, 7) is 5.61. The van der Waals surface area contributed by atoms with E-state index in [2.05, 4.69) is 20.6 Å². The SMILES string of the molecule is Cc1ccccc1C(=O)Nc1ccc2nc(SCC(=O)Nc3ccc4c(c3)nc(C)n4C(=O)c3ccccc3C)sc2c1. The van der Waals surface area contributed by atoms with Crippen molar-refractivity contribution in [1.82, 2.24) is 14.5 Å². The van der Waals surface area contributed by atoms with Crippen LogP contribution in [0.15, 0.2) is 89.3 Å². The number of thiazole rings is 1. The maximum Gasteiger partial charge on any atom is 0.264 e. The molecule has 43 heavy (non-hydrogen) atoms. The molecule has 214 valence electrons. The minimum absolute atomic E-state index is 0.136. The van der Waals surface area contributed by atoms with Crippen LogP contribution in [0.1, 0.15) is 37.7 Å². The molecule has 0 atom stereocenters. The maximum absolute atomic E-state index is 13.3. The highest BCUT2D eigenvalue weighted by Crippen LogP contribution is 2.32. The minimum atomic E-state index is -0.179. The number of benzene rings is 4. The lowest BCUT2D eigenvalue weighted by molar-refractivity contribution is -0.113. The van der Waals surface area contributed by atoms with Gasteiger partial charge in [-0.1, -0.05) is 48.2 Å². The first-order valence-corrected chi connectivity index (χ1v) is 15.4. The third kappa shape index (κ3) is 5.93. The van der Waals surface area contributed by atoms with Crippen molar-refractivity contribution >= 4 is 73.4 Å². The number of carbonyl (C=O) groups excluding carboxylic acids is 3. The van der Waals surface area contributed by atoms with Gasteiger partial charge < -0.3 is 10.6 Å². The molecule has 10 heteroatoms. The molecule has 2 aromatic heterocycles. The van der Waals surface area contributed by atoms with E-state index < -0.39 is 0 Å². The van der Waals surface area contributed by atoms with Gasteiger partial charge in [-0.25, -0.2) is 9.97 Å². The number of rotatable bonds is 7. The smallest absolute Gasteiger partial charge is 0.264 e. The molecule has 0 fully saturated rings. The van der Waals surface area contributed by atoms with Gasteiger partial charge in [0, 0.05) is 22.5 Å². The summed E-state index contributed by atoms with van der Waals surface area (Å²) >= 11 is 2.82. The van der Waals surface area contributed by atoms with Gasteiger partial charge in [0.2, 0.25) is 5.91 Å². The lowest BCUT2D eigenvalue weighted by atomic mass is 10.1. The van der Waals surface area contributed by atoms with Crippen LogP contribution in [0, 0.1) is 20.8 Å². The number of imidazole rings is 1. The molecule has 0 bridgehead atoms. The van der Waals surface area contributed by atoms with Crippen LogP contribution in [0.5, 0.6) is 0 Å². The van der Waals surface area contributed by atoms with Crippen molar-refractivity contribution in [2.75, 3.05) is 16.4 Å². The van der Waals surface area contributed by atoms with E-state index in [1.54, 1.807) is 35.8 Å². The zero-order valence-electron chi connectivity index (χ0n) is 23.7. The molecule has 6 rings (SSSR count). The van der Waals surface area contributed by atoms with Crippen LogP contribution < -0.4 is 10.6 Å². The van der Waals surface area contributed by atoms with Gasteiger partial charge >= 0.3 is 0 Å². The maximum atomic E-state index is 13.3. The van der Waals surface area contributed by atoms with Crippen LogP contribution in [0.3, 0.4) is 0 Å². The van der Waals surface area contributed by atoms with Crippen LogP contribution >= 0.6 is 23.1 Å². The molecule has 8 nitrogen and oxygen atoms in total. The van der Waals surface area contributed by atoms with Crippen molar-refractivity contribution in [3.05, 3.63) is 113 Å². The number of carbonyl (C=O) groups is 3. The van der Waals surface area contributed by atoms with Gasteiger partial charge in [0.05, 0.1) is 27.0 Å². The topological polar surface area (TPSA) is 106 Å². The quantitative estimate of drug-likeness (QED) is 0.186. The highest BCUT2D eigenvalue weighted by Gasteiger charge is 2.18. The summed E-state index contributed by atoms with van der Waals surface area (Å²) in [5.41, 5.74) is 6.46. The Labute approximate surface area is 256 Å². The Kier molecular flexibility index (Phi) is 7.79. The number of thioether (sulfide) groups is 1. The second-order valence-electron chi connectivity index (χ2n) is 10.1. The number of anilines is 2. The molecule has 4 aromatic carbocycles. The molecule has 0 aliphatic heterocycles. The fraction of sp³-hybridized carbons (Fsp3) is 0.121. The average molecular weight is 606 g/mol. The molecule has 2 N–H and O–H groups in total. The van der Waals surface area contributed by atoms with Crippen LogP contribution in [0.2, 0.25) is 0 Å². The molecule has 0 saturated carbocycles. The van der Waals surface area contributed by atoms with Crippen LogP contribution in [0.25, 0.3) is 21.3 Å². The summed E-state index contributed by atoms with van der Waals surface area (Å²) < 4.78 is 3.28. The van der Waals surface area contributed by atoms with Crippen LogP contribution in [-0.2, 0) is 4.79 Å². The van der Waals surface area contributed by atoms with Crippen molar-refractivity contribution < 1.29 is 14.4 Å². The zero-order valence-corrected chi connectivity index (χ0v) is 25.3. The summed E-state index contributed by atoms with van der Waals surface area (Å²) in [4.78, 5) is 48.0. The third-order valence-corrected chi connectivity index (χ3v) is 9.19. The molecule has 2 heterocycles. The number of aromatic nitrogens is 3. The molecule has 0 saturated heterocycles. The molecule has 2 amide bonds. The first-order chi connectivity index (χ1) is 20.8. The second kappa shape index (κ2) is 11.8. The van der Waals surface area contributed by atoms with Gasteiger partial charge in [0.1, 0.15) is 5.82 Å². The van der Waals surface area contributed by atoms with E-state index in [1.165, 1.54) is 23.1 Å². The molecule has 6 aromatic rings. The normalized spacial score (nSPS) is 11.1. The first kappa shape index (κ1) is 28.3. The van der Waals surface area contributed by atoms with E-state index in [0.717, 1.165) is 25.7 Å². The van der Waals surface area contributed by atoms with E-state index in [1.807, 2.05) is 74.5 Å². The summed E-state index contributed by atoms with van der Waals surface area (Å²) in [6.07, 6.45) is 0. The summed E-state index contributed by atoms with van der Waals surface area (Å²) in [5, 5.41) is 5.88. The Balaban J connectivity index is 1.10. The number of amides is 2. The number of nitrogens with zero attached hydrogens (tertiary/aromatic N) is 3. The van der Waals surface area contributed by atoms with E-state index in [9.17, 15) is 14.4 Å². The van der Waals surface area contributed by atoms with Gasteiger partial charge in [-0.3, -0.25) is 19.0 Å². The Bertz CT molecular complexity index is 2050. The zero-order chi connectivity index (χ0) is 30.1. The molecular weight excluding hydrogens is 579 g/mol. The summed E-state index contributed by atoms with van der Waals surface area (Å²) in [6, 6.07) is 25.9. The number of hydrogen-bond donors (Lipinski definition) is 2. The molecule has 0 aliphatic carbocycles. The van der Waals surface area contributed by atoms with Crippen molar-refractivity contribution in [2.45, 2.75) is 25.1 Å². The van der Waals surface area contributed by atoms with Gasteiger partial charge in [0.25, 0.3) is 11.8 Å². The van der Waals surface area contributed by atoms with Crippen LogP contribution in [-0.4, -0.2) is 38.0 Å². The second-order valence-corrected chi connectivity index (χ2v) is 12.3. The van der Waals surface area contributed by atoms with Crippen molar-refractivity contribution in [2.24, 2.45) is 0 Å². The molecule has 0 radical (unpaired) electrons. The number of aryl methyl sites for hydroxylation is 3. The van der Waals surface area contributed by atoms with Gasteiger partial charge in [-0.05, 0) is 80.4 Å². The van der Waals surface area contributed by atoms with Gasteiger partial charge in [-0.2, -0.15) is 0 Å². The third-order valence-electron chi connectivity index (χ3n) is 7.03. The minimum Gasteiger partial charge on any atom is -0.325 e. The van der Waals surface area contributed by atoms with Crippen molar-refractivity contribution in [3.8, 4) is 0 Å². The number of fused-ring (bicyclic) bond motifs is 2. The predicted octanol–water partition coefficient (Wildman–Crippen LogP) is 7.24. The molecule has 0 spiro atoms. The van der Waals surface area contributed by atoms with Crippen LogP contribution in [0.4, 0.5) is 11.4 Å². The highest BCUT2D eigenvalue weighted by molar-refractivity contribution is 8.01. The summed E-state index contributed by atoms with van der Waals surface area (Å²) in [5.74, 6) is 0.278. The predicted molar refractivity (Wildman–Crippen MR) is 173 cm³/mol. The van der Waals surface area contributed by atoms with E-state index in [-0.39, 0.29) is 23.5 Å².